The third-order valence-corrected chi connectivity index (χ3v) is 6.45. The summed E-state index contributed by atoms with van der Waals surface area (Å²) < 4.78 is 16.7. The van der Waals surface area contributed by atoms with Crippen LogP contribution in [0.15, 0.2) is 71.6 Å². The second-order valence-corrected chi connectivity index (χ2v) is 8.78. The molecule has 0 radical (unpaired) electrons. The summed E-state index contributed by atoms with van der Waals surface area (Å²) in [5.41, 5.74) is 2.37. The number of hydrogen-bond donors (Lipinski definition) is 0. The maximum Gasteiger partial charge on any atom is 0.293 e. The first-order valence-electron chi connectivity index (χ1n) is 10.2. The van der Waals surface area contributed by atoms with Crippen molar-refractivity contribution in [3.8, 4) is 17.2 Å². The Morgan fingerprint density at radius 2 is 1.73 bits per heavy atom. The molecule has 1 saturated heterocycles. The molecule has 2 heterocycles. The van der Waals surface area contributed by atoms with E-state index in [4.69, 9.17) is 25.8 Å². The lowest BCUT2D eigenvalue weighted by atomic mass is 10.1. The first-order chi connectivity index (χ1) is 16.1. The lowest BCUT2D eigenvalue weighted by Gasteiger charge is -2.14. The molecule has 33 heavy (non-hydrogen) atoms. The minimum atomic E-state index is -0.378. The van der Waals surface area contributed by atoms with Crippen molar-refractivity contribution in [1.82, 2.24) is 4.90 Å². The monoisotopic (exact) mass is 479 g/mol. The number of benzene rings is 3. The van der Waals surface area contributed by atoms with Gasteiger partial charge < -0.3 is 14.2 Å². The summed E-state index contributed by atoms with van der Waals surface area (Å²) in [6, 6.07) is 20.6. The van der Waals surface area contributed by atoms with Crippen molar-refractivity contribution < 1.29 is 23.8 Å². The fraction of sp³-hybridized carbons (Fsp3) is 0.120. The van der Waals surface area contributed by atoms with E-state index in [9.17, 15) is 9.59 Å². The lowest BCUT2D eigenvalue weighted by Crippen LogP contribution is -2.27. The van der Waals surface area contributed by atoms with Crippen LogP contribution in [0.2, 0.25) is 5.02 Å². The fourth-order valence-electron chi connectivity index (χ4n) is 3.49. The van der Waals surface area contributed by atoms with Crippen LogP contribution in [-0.2, 0) is 17.9 Å². The Bertz CT molecular complexity index is 1260. The van der Waals surface area contributed by atoms with Gasteiger partial charge in [0.1, 0.15) is 12.4 Å². The smallest absolute Gasteiger partial charge is 0.293 e. The number of nitrogens with zero attached hydrogens (tertiary/aromatic N) is 1. The van der Waals surface area contributed by atoms with Crippen molar-refractivity contribution in [2.75, 3.05) is 6.79 Å². The fourth-order valence-corrected chi connectivity index (χ4v) is 4.54. The Morgan fingerprint density at radius 1 is 1.00 bits per heavy atom. The molecule has 6 nitrogen and oxygen atoms in total. The number of amides is 2. The largest absolute Gasteiger partial charge is 0.488 e. The third kappa shape index (κ3) is 4.55. The maximum atomic E-state index is 13.0. The van der Waals surface area contributed by atoms with E-state index < -0.39 is 0 Å². The molecule has 0 atom stereocenters. The van der Waals surface area contributed by atoms with Crippen LogP contribution in [0.25, 0.3) is 6.08 Å². The van der Waals surface area contributed by atoms with Crippen molar-refractivity contribution >= 4 is 40.6 Å². The van der Waals surface area contributed by atoms with Gasteiger partial charge in [-0.25, -0.2) is 0 Å². The summed E-state index contributed by atoms with van der Waals surface area (Å²) in [4.78, 5) is 27.2. The zero-order valence-corrected chi connectivity index (χ0v) is 18.9. The summed E-state index contributed by atoms with van der Waals surface area (Å²) >= 11 is 7.23. The van der Waals surface area contributed by atoms with Crippen LogP contribution in [0.4, 0.5) is 4.79 Å². The Hall–Kier alpha value is -3.42. The van der Waals surface area contributed by atoms with E-state index in [1.807, 2.05) is 54.6 Å². The summed E-state index contributed by atoms with van der Waals surface area (Å²) in [6.07, 6.45) is 1.69. The number of halogens is 1. The molecule has 3 aromatic rings. The van der Waals surface area contributed by atoms with Gasteiger partial charge in [0.15, 0.2) is 11.5 Å². The average molecular weight is 480 g/mol. The van der Waals surface area contributed by atoms with Crippen LogP contribution in [0, 0.1) is 0 Å². The molecule has 2 amide bonds. The lowest BCUT2D eigenvalue weighted by molar-refractivity contribution is -0.123. The van der Waals surface area contributed by atoms with Crippen LogP contribution < -0.4 is 14.2 Å². The summed E-state index contributed by atoms with van der Waals surface area (Å²) in [6.45, 7) is 0.560. The highest BCUT2D eigenvalue weighted by atomic mass is 35.5. The number of carbonyl (C=O) groups is 2. The summed E-state index contributed by atoms with van der Waals surface area (Å²) in [5, 5.41) is 0.0459. The van der Waals surface area contributed by atoms with E-state index in [0.29, 0.717) is 39.3 Å². The molecule has 0 unspecified atom stereocenters. The van der Waals surface area contributed by atoms with Gasteiger partial charge in [-0.1, -0.05) is 60.1 Å². The highest BCUT2D eigenvalue weighted by molar-refractivity contribution is 8.18. The zero-order valence-electron chi connectivity index (χ0n) is 17.3. The second-order valence-electron chi connectivity index (χ2n) is 7.38. The molecule has 0 aliphatic carbocycles. The molecule has 1 fully saturated rings. The van der Waals surface area contributed by atoms with Gasteiger partial charge in [-0.15, -0.1) is 0 Å². The quantitative estimate of drug-likeness (QED) is 0.411. The normalized spacial score (nSPS) is 16.0. The SMILES string of the molecule is O=C1SC(=Cc2ccccc2OCc2ccccc2)C(=O)N1Cc1cc2c(cc1Cl)OCO2. The number of carbonyl (C=O) groups excluding carboxylic acids is 2. The van der Waals surface area contributed by atoms with Gasteiger partial charge in [-0.05, 0) is 41.1 Å². The molecule has 3 aromatic carbocycles. The van der Waals surface area contributed by atoms with Crippen LogP contribution in [-0.4, -0.2) is 22.8 Å². The average Bonchev–Trinajstić information content (AvgIpc) is 3.38. The highest BCUT2D eigenvalue weighted by Crippen LogP contribution is 2.39. The first kappa shape index (κ1) is 21.4. The molecule has 0 saturated carbocycles. The van der Waals surface area contributed by atoms with Crippen LogP contribution in [0.3, 0.4) is 0 Å². The van der Waals surface area contributed by atoms with Crippen molar-refractivity contribution in [3.05, 3.63) is 93.3 Å². The molecule has 0 bridgehead atoms. The van der Waals surface area contributed by atoms with Crippen molar-refractivity contribution in [2.45, 2.75) is 13.2 Å². The highest BCUT2D eigenvalue weighted by Gasteiger charge is 2.36. The van der Waals surface area contributed by atoms with Gasteiger partial charge in [0, 0.05) is 16.7 Å². The van der Waals surface area contributed by atoms with Crippen LogP contribution in [0.1, 0.15) is 16.7 Å². The zero-order chi connectivity index (χ0) is 22.8. The Morgan fingerprint density at radius 3 is 2.55 bits per heavy atom. The molecule has 0 N–H and O–H groups in total. The number of thioether (sulfide) groups is 1. The van der Waals surface area contributed by atoms with Crippen LogP contribution in [0.5, 0.6) is 17.2 Å². The molecule has 8 heteroatoms. The number of para-hydroxylation sites is 1. The van der Waals surface area contributed by atoms with E-state index in [0.717, 1.165) is 22.9 Å². The van der Waals surface area contributed by atoms with Crippen molar-refractivity contribution in [2.24, 2.45) is 0 Å². The molecule has 166 valence electrons. The Labute approximate surface area is 199 Å². The Kier molecular flexibility index (Phi) is 5.98. The molecule has 0 aromatic heterocycles. The minimum absolute atomic E-state index is 0.0453. The number of hydrogen-bond acceptors (Lipinski definition) is 6. The number of ether oxygens (including phenoxy) is 3. The van der Waals surface area contributed by atoms with E-state index in [2.05, 4.69) is 0 Å². The van der Waals surface area contributed by atoms with E-state index in [1.54, 1.807) is 18.2 Å². The van der Waals surface area contributed by atoms with Gasteiger partial charge in [0.2, 0.25) is 6.79 Å². The summed E-state index contributed by atoms with van der Waals surface area (Å²) in [7, 11) is 0. The second kappa shape index (κ2) is 9.21. The van der Waals surface area contributed by atoms with E-state index >= 15 is 0 Å². The Balaban J connectivity index is 1.35. The predicted octanol–water partition coefficient (Wildman–Crippen LogP) is 5.88. The molecule has 2 aliphatic heterocycles. The van der Waals surface area contributed by atoms with Crippen LogP contribution >= 0.6 is 23.4 Å². The summed E-state index contributed by atoms with van der Waals surface area (Å²) in [5.74, 6) is 1.34. The third-order valence-electron chi connectivity index (χ3n) is 5.19. The van der Waals surface area contributed by atoms with Crippen molar-refractivity contribution in [3.63, 3.8) is 0 Å². The standard InChI is InChI=1S/C25H18ClNO5S/c26-19-12-22-21(31-15-32-22)10-18(19)13-27-24(28)23(33-25(27)29)11-17-8-4-5-9-20(17)30-14-16-6-2-1-3-7-16/h1-12H,13-15H2. The molecular formula is C25H18ClNO5S. The topological polar surface area (TPSA) is 65.1 Å². The van der Waals surface area contributed by atoms with Gasteiger partial charge >= 0.3 is 0 Å². The predicted molar refractivity (Wildman–Crippen MR) is 126 cm³/mol. The molecular weight excluding hydrogens is 462 g/mol. The van der Waals surface area contributed by atoms with E-state index in [1.165, 1.54) is 4.90 Å². The van der Waals surface area contributed by atoms with E-state index in [-0.39, 0.29) is 24.5 Å². The first-order valence-corrected chi connectivity index (χ1v) is 11.4. The van der Waals surface area contributed by atoms with Gasteiger partial charge in [-0.3, -0.25) is 14.5 Å². The minimum Gasteiger partial charge on any atom is -0.488 e. The number of fused-ring (bicyclic) bond motifs is 1. The number of rotatable bonds is 6. The van der Waals surface area contributed by atoms with Crippen molar-refractivity contribution in [1.29, 1.82) is 0 Å². The van der Waals surface area contributed by atoms with Gasteiger partial charge in [-0.2, -0.15) is 0 Å². The maximum absolute atomic E-state index is 13.0. The molecule has 0 spiro atoms. The molecule has 2 aliphatic rings. The number of imide groups is 1. The van der Waals surface area contributed by atoms with Gasteiger partial charge in [0.25, 0.3) is 11.1 Å². The molecule has 5 rings (SSSR count). The van der Waals surface area contributed by atoms with Gasteiger partial charge in [0.05, 0.1) is 11.4 Å².